The number of nitrogens with zero attached hydrogens (tertiary/aromatic N) is 3. The van der Waals surface area contributed by atoms with Crippen LogP contribution in [0.25, 0.3) is 10.4 Å². The van der Waals surface area contributed by atoms with E-state index in [4.69, 9.17) is 23.1 Å². The molecule has 0 saturated carbocycles. The summed E-state index contributed by atoms with van der Waals surface area (Å²) < 4.78 is 109. The summed E-state index contributed by atoms with van der Waals surface area (Å²) in [5, 5.41) is 3.87. The van der Waals surface area contributed by atoms with Crippen molar-refractivity contribution in [3.63, 3.8) is 0 Å². The van der Waals surface area contributed by atoms with E-state index in [0.29, 0.717) is 16.2 Å². The van der Waals surface area contributed by atoms with Gasteiger partial charge in [-0.05, 0) is 40.9 Å². The van der Waals surface area contributed by atoms with E-state index in [1.54, 1.807) is 84.9 Å². The maximum atomic E-state index is 13.8. The minimum absolute atomic E-state index is 0.0311. The number of halogens is 3. The van der Waals surface area contributed by atoms with Crippen molar-refractivity contribution in [1.29, 1.82) is 0 Å². The highest BCUT2D eigenvalue weighted by Gasteiger charge is 2.50. The lowest BCUT2D eigenvalue weighted by atomic mass is 9.97. The van der Waals surface area contributed by atoms with E-state index in [-0.39, 0.29) is 13.2 Å². The summed E-state index contributed by atoms with van der Waals surface area (Å²) in [5.41, 5.74) is 9.48. The van der Waals surface area contributed by atoms with Gasteiger partial charge in [0.25, 0.3) is 0 Å². The molecular formula is C29H30F3N3O9S2. The van der Waals surface area contributed by atoms with Gasteiger partial charge in [-0.25, -0.2) is 8.37 Å². The molecule has 0 aliphatic carbocycles. The average molecular weight is 686 g/mol. The van der Waals surface area contributed by atoms with E-state index < -0.39 is 70.4 Å². The topological polar surface area (TPSA) is 155 Å². The summed E-state index contributed by atoms with van der Waals surface area (Å²) in [7, 11) is -5.68. The van der Waals surface area contributed by atoms with Crippen molar-refractivity contribution in [3.8, 4) is 5.75 Å². The number of azide groups is 1. The quantitative estimate of drug-likeness (QED) is 0.119. The van der Waals surface area contributed by atoms with E-state index in [0.717, 1.165) is 5.56 Å². The average Bonchev–Trinajstić information content (AvgIpc) is 3.06. The standard InChI is InChI=1S/C29H30F3N3O9S2/c1-39-22-14-12-21(13-15-22)17-40-26-24(18-42-46(37,38)43-19-29(30,31)32)44-28(45(36)23-10-6-3-7-11-23)25(34-35-33)27(26)41-16-20-8-4-2-5-9-20/h2-15,24-28H,16-19H2,1H3/t24-,25-,26-,27-,28-,45?/m1/s1. The van der Waals surface area contributed by atoms with Crippen molar-refractivity contribution in [3.05, 3.63) is 106 Å². The third-order valence-electron chi connectivity index (χ3n) is 6.62. The molecule has 4 rings (SSSR count). The first-order valence-corrected chi connectivity index (χ1v) is 16.2. The van der Waals surface area contributed by atoms with Gasteiger partial charge in [0.05, 0.1) is 43.8 Å². The molecule has 0 bridgehead atoms. The maximum absolute atomic E-state index is 13.8. The highest BCUT2D eigenvalue weighted by molar-refractivity contribution is 7.85. The first-order valence-electron chi connectivity index (χ1n) is 13.7. The number of rotatable bonds is 15. The van der Waals surface area contributed by atoms with Gasteiger partial charge in [0.15, 0.2) is 6.61 Å². The molecule has 1 aliphatic rings. The van der Waals surface area contributed by atoms with Crippen LogP contribution in [0.2, 0.25) is 0 Å². The maximum Gasteiger partial charge on any atom is 0.413 e. The molecule has 17 heteroatoms. The number of hydrogen-bond acceptors (Lipinski definition) is 10. The van der Waals surface area contributed by atoms with E-state index in [1.165, 1.54) is 7.11 Å². The lowest BCUT2D eigenvalue weighted by Crippen LogP contribution is -2.60. The number of methoxy groups -OCH3 is 1. The van der Waals surface area contributed by atoms with Gasteiger partial charge in [-0.15, -0.1) is 0 Å². The Morgan fingerprint density at radius 3 is 2.07 bits per heavy atom. The molecule has 1 fully saturated rings. The Bertz CT molecular complexity index is 1580. The van der Waals surface area contributed by atoms with Gasteiger partial charge in [-0.2, -0.15) is 21.6 Å². The molecule has 1 saturated heterocycles. The lowest BCUT2D eigenvalue weighted by molar-refractivity contribution is -0.206. The fourth-order valence-electron chi connectivity index (χ4n) is 4.47. The van der Waals surface area contributed by atoms with Crippen LogP contribution in [-0.4, -0.2) is 68.9 Å². The second-order valence-electron chi connectivity index (χ2n) is 9.80. The van der Waals surface area contributed by atoms with Gasteiger partial charge >= 0.3 is 16.6 Å². The Morgan fingerprint density at radius 2 is 1.48 bits per heavy atom. The highest BCUT2D eigenvalue weighted by atomic mass is 32.3. The third kappa shape index (κ3) is 10.2. The molecule has 248 valence electrons. The normalized spacial score (nSPS) is 22.5. The van der Waals surface area contributed by atoms with Crippen LogP contribution < -0.4 is 4.74 Å². The Labute approximate surface area is 265 Å². The zero-order valence-electron chi connectivity index (χ0n) is 24.3. The van der Waals surface area contributed by atoms with Crippen molar-refractivity contribution in [2.45, 2.75) is 54.1 Å². The molecule has 6 atom stereocenters. The van der Waals surface area contributed by atoms with Crippen LogP contribution in [0.1, 0.15) is 11.1 Å². The van der Waals surface area contributed by atoms with Crippen molar-refractivity contribution < 1.29 is 53.1 Å². The Balaban J connectivity index is 1.70. The van der Waals surface area contributed by atoms with Gasteiger partial charge in [-0.3, -0.25) is 4.21 Å². The molecule has 3 aromatic carbocycles. The van der Waals surface area contributed by atoms with Crippen LogP contribution in [0.4, 0.5) is 13.2 Å². The van der Waals surface area contributed by atoms with E-state index >= 15 is 0 Å². The summed E-state index contributed by atoms with van der Waals surface area (Å²) in [6.45, 7) is -3.14. The fraction of sp³-hybridized carbons (Fsp3) is 0.379. The number of hydrogen-bond donors (Lipinski definition) is 0. The Kier molecular flexibility index (Phi) is 12.5. The van der Waals surface area contributed by atoms with Gasteiger partial charge in [0.2, 0.25) is 0 Å². The SMILES string of the molecule is COc1ccc(CO[C@H]2[C@H](OCc3ccccc3)[C@@H](N=[N+]=[N-])[C@@H](S(=O)c3ccccc3)O[C@@H]2COS(=O)(=O)OCC(F)(F)F)cc1. The number of alkyl halides is 3. The van der Waals surface area contributed by atoms with Crippen LogP contribution in [0.5, 0.6) is 5.75 Å². The van der Waals surface area contributed by atoms with Crippen LogP contribution in [0.3, 0.4) is 0 Å². The summed E-state index contributed by atoms with van der Waals surface area (Å²) in [4.78, 5) is 3.22. The monoisotopic (exact) mass is 685 g/mol. The summed E-state index contributed by atoms with van der Waals surface area (Å²) in [6.07, 6.45) is -8.80. The molecule has 46 heavy (non-hydrogen) atoms. The first-order chi connectivity index (χ1) is 22.0. The largest absolute Gasteiger partial charge is 0.497 e. The number of ether oxygens (including phenoxy) is 4. The van der Waals surface area contributed by atoms with Crippen LogP contribution in [0, 0.1) is 0 Å². The number of benzene rings is 3. The van der Waals surface area contributed by atoms with Crippen LogP contribution in [0.15, 0.2) is 94.9 Å². The smallest absolute Gasteiger partial charge is 0.413 e. The molecule has 0 spiro atoms. The lowest BCUT2D eigenvalue weighted by Gasteiger charge is -2.44. The summed E-state index contributed by atoms with van der Waals surface area (Å²) in [6, 6.07) is 22.5. The molecule has 1 aliphatic heterocycles. The van der Waals surface area contributed by atoms with Crippen molar-refractivity contribution in [2.75, 3.05) is 20.3 Å². The van der Waals surface area contributed by atoms with Gasteiger partial charge in [-0.1, -0.05) is 65.8 Å². The van der Waals surface area contributed by atoms with Crippen LogP contribution >= 0.6 is 0 Å². The van der Waals surface area contributed by atoms with Crippen molar-refractivity contribution >= 4 is 21.2 Å². The molecule has 1 heterocycles. The molecule has 0 aromatic heterocycles. The molecular weight excluding hydrogens is 655 g/mol. The van der Waals surface area contributed by atoms with E-state index in [2.05, 4.69) is 14.2 Å². The zero-order valence-corrected chi connectivity index (χ0v) is 25.9. The van der Waals surface area contributed by atoms with Gasteiger partial charge < -0.3 is 18.9 Å². The summed E-state index contributed by atoms with van der Waals surface area (Å²) in [5.74, 6) is 0.582. The second kappa shape index (κ2) is 16.3. The Morgan fingerprint density at radius 1 is 0.891 bits per heavy atom. The highest BCUT2D eigenvalue weighted by Crippen LogP contribution is 2.34. The third-order valence-corrected chi connectivity index (χ3v) is 9.00. The zero-order chi connectivity index (χ0) is 33.2. The summed E-state index contributed by atoms with van der Waals surface area (Å²) >= 11 is 0. The second-order valence-corrected chi connectivity index (χ2v) is 12.6. The molecule has 3 aromatic rings. The predicted molar refractivity (Wildman–Crippen MR) is 158 cm³/mol. The minimum atomic E-state index is -5.17. The van der Waals surface area contributed by atoms with Gasteiger partial charge in [0, 0.05) is 9.81 Å². The minimum Gasteiger partial charge on any atom is -0.497 e. The van der Waals surface area contributed by atoms with Crippen LogP contribution in [-0.2, 0) is 57.0 Å². The Hall–Kier alpha value is -3.54. The van der Waals surface area contributed by atoms with Gasteiger partial charge in [0.1, 0.15) is 29.4 Å². The fourth-order valence-corrected chi connectivity index (χ4v) is 6.52. The molecule has 0 radical (unpaired) electrons. The molecule has 0 N–H and O–H groups in total. The predicted octanol–water partition coefficient (Wildman–Crippen LogP) is 5.22. The van der Waals surface area contributed by atoms with E-state index in [9.17, 15) is 31.3 Å². The first kappa shape index (κ1) is 35.3. The molecule has 12 nitrogen and oxygen atoms in total. The van der Waals surface area contributed by atoms with Crippen molar-refractivity contribution in [1.82, 2.24) is 0 Å². The molecule has 1 unspecified atom stereocenters. The van der Waals surface area contributed by atoms with E-state index in [1.807, 2.05) is 0 Å². The van der Waals surface area contributed by atoms with Crippen molar-refractivity contribution in [2.24, 2.45) is 5.11 Å². The molecule has 0 amide bonds.